The van der Waals surface area contributed by atoms with E-state index >= 15 is 0 Å². The minimum absolute atomic E-state index is 0.358. The molecule has 1 N–H and O–H groups in total. The molecule has 1 fully saturated rings. The lowest BCUT2D eigenvalue weighted by molar-refractivity contribution is 0.0700. The van der Waals surface area contributed by atoms with Gasteiger partial charge in [-0.05, 0) is 25.3 Å². The van der Waals surface area contributed by atoms with Gasteiger partial charge in [0.2, 0.25) is 0 Å². The van der Waals surface area contributed by atoms with E-state index in [-0.39, 0.29) is 0 Å². The highest BCUT2D eigenvalue weighted by Crippen LogP contribution is 2.44. The van der Waals surface area contributed by atoms with Crippen LogP contribution in [0.15, 0.2) is 30.3 Å². The number of hydrogen-bond donors (Lipinski definition) is 1. The monoisotopic (exact) mass is 302 g/mol. The highest BCUT2D eigenvalue weighted by atomic mass is 32.1. The molecule has 0 spiro atoms. The summed E-state index contributed by atoms with van der Waals surface area (Å²) in [5.74, 6) is -0.493. The quantitative estimate of drug-likeness (QED) is 0.883. The van der Waals surface area contributed by atoms with Crippen molar-refractivity contribution < 1.29 is 9.90 Å². The first kappa shape index (κ1) is 14.1. The molecule has 0 saturated heterocycles. The SMILES string of the molecule is CCN(Cc1ccccc1)c1nc(C2CC2)c(C(=O)O)s1. The first-order valence-electron chi connectivity index (χ1n) is 7.22. The number of benzene rings is 1. The molecule has 5 heteroatoms. The highest BCUT2D eigenvalue weighted by Gasteiger charge is 2.32. The van der Waals surface area contributed by atoms with E-state index in [1.165, 1.54) is 16.9 Å². The van der Waals surface area contributed by atoms with Gasteiger partial charge in [-0.2, -0.15) is 0 Å². The van der Waals surface area contributed by atoms with Gasteiger partial charge in [-0.1, -0.05) is 41.7 Å². The van der Waals surface area contributed by atoms with E-state index < -0.39 is 5.97 Å². The molecule has 21 heavy (non-hydrogen) atoms. The number of thiazole rings is 1. The van der Waals surface area contributed by atoms with Crippen molar-refractivity contribution in [3.8, 4) is 0 Å². The zero-order chi connectivity index (χ0) is 14.8. The van der Waals surface area contributed by atoms with Crippen LogP contribution in [0.1, 0.15) is 46.6 Å². The third-order valence-electron chi connectivity index (χ3n) is 3.67. The van der Waals surface area contributed by atoms with Gasteiger partial charge in [0.05, 0.1) is 5.69 Å². The lowest BCUT2D eigenvalue weighted by Gasteiger charge is -2.19. The molecule has 0 atom stereocenters. The van der Waals surface area contributed by atoms with Crippen molar-refractivity contribution in [2.45, 2.75) is 32.2 Å². The molecule has 110 valence electrons. The predicted molar refractivity (Wildman–Crippen MR) is 84.2 cm³/mol. The Hall–Kier alpha value is -1.88. The first-order chi connectivity index (χ1) is 10.2. The Labute approximate surface area is 128 Å². The van der Waals surface area contributed by atoms with Crippen molar-refractivity contribution in [3.05, 3.63) is 46.5 Å². The zero-order valence-corrected chi connectivity index (χ0v) is 12.8. The standard InChI is InChI=1S/C16H18N2O2S/c1-2-18(10-11-6-4-3-5-7-11)16-17-13(12-8-9-12)14(21-16)15(19)20/h3-7,12H,2,8-10H2,1H3,(H,19,20). The van der Waals surface area contributed by atoms with Gasteiger partial charge in [0.15, 0.2) is 5.13 Å². The van der Waals surface area contributed by atoms with E-state index in [0.29, 0.717) is 10.8 Å². The van der Waals surface area contributed by atoms with Crippen LogP contribution < -0.4 is 4.90 Å². The van der Waals surface area contributed by atoms with Crippen LogP contribution in [0.5, 0.6) is 0 Å². The number of hydrogen-bond acceptors (Lipinski definition) is 4. The van der Waals surface area contributed by atoms with Gasteiger partial charge >= 0.3 is 5.97 Å². The fraction of sp³-hybridized carbons (Fsp3) is 0.375. The molecule has 1 aromatic carbocycles. The molecule has 0 bridgehead atoms. The van der Waals surface area contributed by atoms with Gasteiger partial charge in [-0.3, -0.25) is 0 Å². The Morgan fingerprint density at radius 1 is 1.38 bits per heavy atom. The molecule has 0 aliphatic heterocycles. The summed E-state index contributed by atoms with van der Waals surface area (Å²) in [6.45, 7) is 3.64. The minimum atomic E-state index is -0.851. The van der Waals surface area contributed by atoms with E-state index in [1.54, 1.807) is 0 Å². The zero-order valence-electron chi connectivity index (χ0n) is 12.0. The maximum Gasteiger partial charge on any atom is 0.347 e. The van der Waals surface area contributed by atoms with Crippen LogP contribution in [0, 0.1) is 0 Å². The maximum absolute atomic E-state index is 11.4. The summed E-state index contributed by atoms with van der Waals surface area (Å²) >= 11 is 1.30. The van der Waals surface area contributed by atoms with Crippen molar-refractivity contribution in [2.75, 3.05) is 11.4 Å². The molecule has 3 rings (SSSR count). The van der Waals surface area contributed by atoms with Crippen LogP contribution >= 0.6 is 11.3 Å². The lowest BCUT2D eigenvalue weighted by atomic mass is 10.2. The van der Waals surface area contributed by atoms with Crippen LogP contribution in [-0.4, -0.2) is 22.6 Å². The average Bonchev–Trinajstić information content (AvgIpc) is 3.24. The average molecular weight is 302 g/mol. The summed E-state index contributed by atoms with van der Waals surface area (Å²) in [5.41, 5.74) is 1.99. The van der Waals surface area contributed by atoms with Gasteiger partial charge in [-0.15, -0.1) is 0 Å². The number of nitrogens with zero attached hydrogens (tertiary/aromatic N) is 2. The van der Waals surface area contributed by atoms with Crippen LogP contribution in [0.4, 0.5) is 5.13 Å². The Bertz CT molecular complexity index is 635. The number of carboxylic acids is 1. The molecule has 0 amide bonds. The molecule has 4 nitrogen and oxygen atoms in total. The summed E-state index contributed by atoms with van der Waals surface area (Å²) in [7, 11) is 0. The summed E-state index contributed by atoms with van der Waals surface area (Å²) in [6, 6.07) is 10.2. The van der Waals surface area contributed by atoms with E-state index in [4.69, 9.17) is 0 Å². The predicted octanol–water partition coefficient (Wildman–Crippen LogP) is 3.75. The van der Waals surface area contributed by atoms with E-state index in [0.717, 1.165) is 36.8 Å². The molecule has 0 radical (unpaired) electrons. The number of anilines is 1. The molecule has 1 aliphatic rings. The van der Waals surface area contributed by atoms with Gasteiger partial charge in [0.25, 0.3) is 0 Å². The van der Waals surface area contributed by atoms with Gasteiger partial charge in [0.1, 0.15) is 4.88 Å². The maximum atomic E-state index is 11.4. The molecular weight excluding hydrogens is 284 g/mol. The van der Waals surface area contributed by atoms with Gasteiger partial charge in [0, 0.05) is 19.0 Å². The van der Waals surface area contributed by atoms with Crippen molar-refractivity contribution in [1.82, 2.24) is 4.98 Å². The van der Waals surface area contributed by atoms with Crippen molar-refractivity contribution in [1.29, 1.82) is 0 Å². The van der Waals surface area contributed by atoms with E-state index in [1.807, 2.05) is 18.2 Å². The van der Waals surface area contributed by atoms with Crippen LogP contribution in [0.3, 0.4) is 0 Å². The summed E-state index contributed by atoms with van der Waals surface area (Å²) < 4.78 is 0. The molecule has 2 aromatic rings. The van der Waals surface area contributed by atoms with E-state index in [2.05, 4.69) is 28.9 Å². The Balaban J connectivity index is 1.86. The van der Waals surface area contributed by atoms with Crippen LogP contribution in [0.25, 0.3) is 0 Å². The Morgan fingerprint density at radius 3 is 2.67 bits per heavy atom. The fourth-order valence-corrected chi connectivity index (χ4v) is 3.41. The molecule has 1 saturated carbocycles. The smallest absolute Gasteiger partial charge is 0.347 e. The second-order valence-electron chi connectivity index (χ2n) is 5.29. The third-order valence-corrected chi connectivity index (χ3v) is 4.79. The van der Waals surface area contributed by atoms with E-state index in [9.17, 15) is 9.90 Å². The Kier molecular flexibility index (Phi) is 3.92. The molecule has 1 aliphatic carbocycles. The largest absolute Gasteiger partial charge is 0.477 e. The minimum Gasteiger partial charge on any atom is -0.477 e. The van der Waals surface area contributed by atoms with Crippen LogP contribution in [-0.2, 0) is 6.54 Å². The van der Waals surface area contributed by atoms with Crippen LogP contribution in [0.2, 0.25) is 0 Å². The molecular formula is C16H18N2O2S. The number of aromatic carboxylic acids is 1. The number of carboxylic acid groups (broad SMARTS) is 1. The first-order valence-corrected chi connectivity index (χ1v) is 8.03. The van der Waals surface area contributed by atoms with Crippen molar-refractivity contribution in [2.24, 2.45) is 0 Å². The summed E-state index contributed by atoms with van der Waals surface area (Å²) in [6.07, 6.45) is 2.13. The van der Waals surface area contributed by atoms with Gasteiger partial charge < -0.3 is 10.0 Å². The second-order valence-corrected chi connectivity index (χ2v) is 6.27. The molecule has 0 unspecified atom stereocenters. The Morgan fingerprint density at radius 2 is 2.10 bits per heavy atom. The molecule has 1 heterocycles. The summed E-state index contributed by atoms with van der Waals surface area (Å²) in [4.78, 5) is 18.6. The lowest BCUT2D eigenvalue weighted by Crippen LogP contribution is -2.21. The fourth-order valence-electron chi connectivity index (χ4n) is 2.36. The third kappa shape index (κ3) is 3.08. The van der Waals surface area contributed by atoms with Gasteiger partial charge in [-0.25, -0.2) is 9.78 Å². The number of rotatable bonds is 6. The van der Waals surface area contributed by atoms with Crippen molar-refractivity contribution in [3.63, 3.8) is 0 Å². The number of carbonyl (C=O) groups is 1. The summed E-state index contributed by atoms with van der Waals surface area (Å²) in [5, 5.41) is 10.2. The molecule has 1 aromatic heterocycles. The topological polar surface area (TPSA) is 53.4 Å². The highest BCUT2D eigenvalue weighted by molar-refractivity contribution is 7.17. The number of aromatic nitrogens is 1. The second kappa shape index (κ2) is 5.85. The normalized spacial score (nSPS) is 14.1. The van der Waals surface area contributed by atoms with Crippen molar-refractivity contribution >= 4 is 22.4 Å².